The summed E-state index contributed by atoms with van der Waals surface area (Å²) >= 11 is 0. The summed E-state index contributed by atoms with van der Waals surface area (Å²) in [5.74, 6) is 1.68. The fourth-order valence-electron chi connectivity index (χ4n) is 1.08. The monoisotopic (exact) mass is 175 g/mol. The molecule has 0 amide bonds. The van der Waals surface area contributed by atoms with Crippen LogP contribution in [0.4, 0.5) is 5.95 Å². The molecule has 66 valence electrons. The quantitative estimate of drug-likeness (QED) is 0.687. The largest absolute Gasteiger partial charge is 0.368 e. The van der Waals surface area contributed by atoms with E-state index < -0.39 is 0 Å². The van der Waals surface area contributed by atoms with E-state index in [2.05, 4.69) is 15.1 Å². The van der Waals surface area contributed by atoms with Gasteiger partial charge in [-0.25, -0.2) is 4.98 Å². The predicted octanol–water partition coefficient (Wildman–Crippen LogP) is 0.553. The van der Waals surface area contributed by atoms with Gasteiger partial charge in [0.2, 0.25) is 5.95 Å². The molecule has 5 heteroatoms. The topological polar surface area (TPSA) is 69.6 Å². The van der Waals surface area contributed by atoms with E-state index in [1.807, 2.05) is 18.2 Å². The number of aromatic nitrogens is 4. The Labute approximate surface area is 75.2 Å². The van der Waals surface area contributed by atoms with Crippen molar-refractivity contribution in [2.45, 2.75) is 6.92 Å². The number of nitrogen functional groups attached to an aromatic ring is 1. The Morgan fingerprint density at radius 2 is 2.23 bits per heavy atom. The van der Waals surface area contributed by atoms with Crippen molar-refractivity contribution in [2.24, 2.45) is 0 Å². The van der Waals surface area contributed by atoms with Crippen molar-refractivity contribution >= 4 is 5.95 Å². The Hall–Kier alpha value is -1.91. The van der Waals surface area contributed by atoms with Gasteiger partial charge in [-0.3, -0.25) is 0 Å². The van der Waals surface area contributed by atoms with Gasteiger partial charge in [-0.05, 0) is 19.1 Å². The molecule has 2 aromatic rings. The molecule has 0 radical (unpaired) electrons. The molecular weight excluding hydrogens is 166 g/mol. The van der Waals surface area contributed by atoms with E-state index in [4.69, 9.17) is 5.73 Å². The van der Waals surface area contributed by atoms with E-state index in [0.717, 1.165) is 0 Å². The van der Waals surface area contributed by atoms with Crippen LogP contribution in [0, 0.1) is 6.92 Å². The third-order valence-corrected chi connectivity index (χ3v) is 1.60. The zero-order chi connectivity index (χ0) is 9.26. The molecule has 0 aliphatic carbocycles. The lowest BCUT2D eigenvalue weighted by molar-refractivity contribution is 0.841. The third kappa shape index (κ3) is 1.35. The molecule has 0 saturated carbocycles. The van der Waals surface area contributed by atoms with Gasteiger partial charge in [0, 0.05) is 6.20 Å². The van der Waals surface area contributed by atoms with E-state index in [1.165, 1.54) is 4.68 Å². The van der Waals surface area contributed by atoms with Gasteiger partial charge in [-0.15, -0.1) is 5.10 Å². The van der Waals surface area contributed by atoms with Crippen molar-refractivity contribution in [3.63, 3.8) is 0 Å². The van der Waals surface area contributed by atoms with E-state index in [1.54, 1.807) is 13.1 Å². The normalized spacial score (nSPS) is 10.2. The molecule has 0 aromatic carbocycles. The average Bonchev–Trinajstić information content (AvgIpc) is 2.47. The van der Waals surface area contributed by atoms with Crippen LogP contribution in [-0.4, -0.2) is 19.7 Å². The Balaban J connectivity index is 2.53. The second-order valence-electron chi connectivity index (χ2n) is 2.62. The number of hydrogen-bond donors (Lipinski definition) is 1. The van der Waals surface area contributed by atoms with Gasteiger partial charge in [0.1, 0.15) is 5.82 Å². The number of pyridine rings is 1. The van der Waals surface area contributed by atoms with Gasteiger partial charge >= 0.3 is 0 Å². The molecular formula is C8H9N5. The fourth-order valence-corrected chi connectivity index (χ4v) is 1.08. The Bertz CT molecular complexity index is 406. The number of hydrogen-bond acceptors (Lipinski definition) is 4. The summed E-state index contributed by atoms with van der Waals surface area (Å²) in [6.07, 6.45) is 1.69. The number of anilines is 1. The minimum Gasteiger partial charge on any atom is -0.368 e. The van der Waals surface area contributed by atoms with E-state index in [-0.39, 0.29) is 0 Å². The maximum atomic E-state index is 5.62. The van der Waals surface area contributed by atoms with Crippen LogP contribution in [-0.2, 0) is 0 Å². The van der Waals surface area contributed by atoms with Crippen LogP contribution in [0.5, 0.6) is 0 Å². The molecule has 0 aliphatic rings. The highest BCUT2D eigenvalue weighted by Gasteiger charge is 2.04. The lowest BCUT2D eigenvalue weighted by Crippen LogP contribution is -2.03. The predicted molar refractivity (Wildman–Crippen MR) is 48.3 cm³/mol. The maximum absolute atomic E-state index is 5.62. The molecule has 0 aliphatic heterocycles. The third-order valence-electron chi connectivity index (χ3n) is 1.60. The minimum atomic E-state index is 0.358. The first-order valence-corrected chi connectivity index (χ1v) is 3.88. The van der Waals surface area contributed by atoms with Crippen molar-refractivity contribution in [2.75, 3.05) is 5.73 Å². The first-order chi connectivity index (χ1) is 6.27. The van der Waals surface area contributed by atoms with Crippen LogP contribution in [0.1, 0.15) is 5.82 Å². The second-order valence-corrected chi connectivity index (χ2v) is 2.62. The van der Waals surface area contributed by atoms with Crippen molar-refractivity contribution in [3.05, 3.63) is 30.2 Å². The molecule has 0 atom stereocenters. The second kappa shape index (κ2) is 2.85. The zero-order valence-electron chi connectivity index (χ0n) is 7.18. The van der Waals surface area contributed by atoms with Gasteiger partial charge in [0.15, 0.2) is 5.82 Å². The van der Waals surface area contributed by atoms with E-state index in [0.29, 0.717) is 17.6 Å². The first kappa shape index (κ1) is 7.72. The number of nitrogens with zero attached hydrogens (tertiary/aromatic N) is 4. The summed E-state index contributed by atoms with van der Waals surface area (Å²) in [6.45, 7) is 1.79. The highest BCUT2D eigenvalue weighted by molar-refractivity contribution is 5.30. The van der Waals surface area contributed by atoms with Gasteiger partial charge in [-0.1, -0.05) is 6.07 Å². The molecule has 0 saturated heterocycles. The summed E-state index contributed by atoms with van der Waals surface area (Å²) in [5.41, 5.74) is 5.62. The van der Waals surface area contributed by atoms with Crippen LogP contribution >= 0.6 is 0 Å². The smallest absolute Gasteiger partial charge is 0.225 e. The molecule has 2 rings (SSSR count). The van der Waals surface area contributed by atoms with Crippen molar-refractivity contribution in [1.29, 1.82) is 0 Å². The van der Waals surface area contributed by atoms with Crippen LogP contribution in [0.15, 0.2) is 24.4 Å². The maximum Gasteiger partial charge on any atom is 0.225 e. The van der Waals surface area contributed by atoms with Crippen LogP contribution in [0.2, 0.25) is 0 Å². The SMILES string of the molecule is Cc1nc(N)n(-c2ccccn2)n1. The van der Waals surface area contributed by atoms with Crippen LogP contribution in [0.25, 0.3) is 5.82 Å². The average molecular weight is 175 g/mol. The molecule has 2 N–H and O–H groups in total. The number of nitrogens with two attached hydrogens (primary N) is 1. The van der Waals surface area contributed by atoms with E-state index >= 15 is 0 Å². The van der Waals surface area contributed by atoms with Gasteiger partial charge in [-0.2, -0.15) is 9.67 Å². The summed E-state index contributed by atoms with van der Waals surface area (Å²) in [5, 5.41) is 4.10. The number of aryl methyl sites for hydroxylation is 1. The lowest BCUT2D eigenvalue weighted by atomic mass is 10.5. The Morgan fingerprint density at radius 1 is 1.38 bits per heavy atom. The minimum absolute atomic E-state index is 0.358. The standard InChI is InChI=1S/C8H9N5/c1-6-11-8(9)13(12-6)7-4-2-3-5-10-7/h2-5H,1H3,(H2,9,11,12). The van der Waals surface area contributed by atoms with Crippen molar-refractivity contribution < 1.29 is 0 Å². The Kier molecular flexibility index (Phi) is 1.70. The fraction of sp³-hybridized carbons (Fsp3) is 0.125. The van der Waals surface area contributed by atoms with Crippen molar-refractivity contribution in [1.82, 2.24) is 19.7 Å². The summed E-state index contributed by atoms with van der Waals surface area (Å²) in [4.78, 5) is 8.08. The van der Waals surface area contributed by atoms with Gasteiger partial charge in [0.25, 0.3) is 0 Å². The van der Waals surface area contributed by atoms with Crippen LogP contribution in [0.3, 0.4) is 0 Å². The van der Waals surface area contributed by atoms with Crippen molar-refractivity contribution in [3.8, 4) is 5.82 Å². The molecule has 0 fully saturated rings. The van der Waals surface area contributed by atoms with Crippen LogP contribution < -0.4 is 5.73 Å². The zero-order valence-corrected chi connectivity index (χ0v) is 7.18. The summed E-state index contributed by atoms with van der Waals surface area (Å²) < 4.78 is 1.51. The Morgan fingerprint density at radius 3 is 2.77 bits per heavy atom. The molecule has 2 aromatic heterocycles. The highest BCUT2D eigenvalue weighted by Crippen LogP contribution is 2.06. The molecule has 5 nitrogen and oxygen atoms in total. The van der Waals surface area contributed by atoms with Gasteiger partial charge in [0.05, 0.1) is 0 Å². The molecule has 0 spiro atoms. The van der Waals surface area contributed by atoms with Gasteiger partial charge < -0.3 is 5.73 Å². The first-order valence-electron chi connectivity index (χ1n) is 3.88. The molecule has 0 unspecified atom stereocenters. The van der Waals surface area contributed by atoms with E-state index in [9.17, 15) is 0 Å². The molecule has 0 bridgehead atoms. The lowest BCUT2D eigenvalue weighted by Gasteiger charge is -1.98. The summed E-state index contributed by atoms with van der Waals surface area (Å²) in [6, 6.07) is 5.53. The molecule has 2 heterocycles. The summed E-state index contributed by atoms with van der Waals surface area (Å²) in [7, 11) is 0. The molecule has 13 heavy (non-hydrogen) atoms. The number of rotatable bonds is 1. The highest BCUT2D eigenvalue weighted by atomic mass is 15.4.